The van der Waals surface area contributed by atoms with Crippen molar-refractivity contribution in [3.8, 4) is 0 Å². The second kappa shape index (κ2) is 5.09. The Morgan fingerprint density at radius 1 is 1.29 bits per heavy atom. The topological polar surface area (TPSA) is 51.2 Å². The van der Waals surface area contributed by atoms with E-state index in [4.69, 9.17) is 0 Å². The molecule has 0 aliphatic heterocycles. The van der Waals surface area contributed by atoms with Crippen LogP contribution in [0.1, 0.15) is 46.5 Å². The standard InChI is InChI=1S/C13H24O3S/c1-13(2,3)11-5-6-12(14)10(9-11)7-8-17(4,15)16/h10-11H,5-9H2,1-4H3. The van der Waals surface area contributed by atoms with E-state index in [0.29, 0.717) is 18.8 Å². The van der Waals surface area contributed by atoms with Crippen LogP contribution >= 0.6 is 0 Å². The highest BCUT2D eigenvalue weighted by Crippen LogP contribution is 2.39. The van der Waals surface area contributed by atoms with E-state index in [-0.39, 0.29) is 22.9 Å². The van der Waals surface area contributed by atoms with Crippen molar-refractivity contribution in [2.75, 3.05) is 12.0 Å². The minimum Gasteiger partial charge on any atom is -0.299 e. The molecule has 1 aliphatic carbocycles. The summed E-state index contributed by atoms with van der Waals surface area (Å²) < 4.78 is 22.3. The van der Waals surface area contributed by atoms with E-state index in [1.807, 2.05) is 0 Å². The molecule has 1 aliphatic rings. The van der Waals surface area contributed by atoms with Gasteiger partial charge in [0.25, 0.3) is 0 Å². The summed E-state index contributed by atoms with van der Waals surface area (Å²) in [4.78, 5) is 11.8. The molecule has 0 aromatic carbocycles. The molecular weight excluding hydrogens is 236 g/mol. The van der Waals surface area contributed by atoms with E-state index in [1.165, 1.54) is 6.26 Å². The first-order valence-corrected chi connectivity index (χ1v) is 8.36. The van der Waals surface area contributed by atoms with E-state index in [1.54, 1.807) is 0 Å². The average Bonchev–Trinajstić information content (AvgIpc) is 2.13. The zero-order valence-corrected chi connectivity index (χ0v) is 12.1. The number of hydrogen-bond donors (Lipinski definition) is 0. The molecule has 2 unspecified atom stereocenters. The van der Waals surface area contributed by atoms with Crippen molar-refractivity contribution in [3.63, 3.8) is 0 Å². The lowest BCUT2D eigenvalue weighted by Crippen LogP contribution is -2.32. The molecule has 17 heavy (non-hydrogen) atoms. The Labute approximate surface area is 105 Å². The highest BCUT2D eigenvalue weighted by molar-refractivity contribution is 7.90. The van der Waals surface area contributed by atoms with E-state index >= 15 is 0 Å². The number of rotatable bonds is 3. The first-order chi connectivity index (χ1) is 7.59. The molecular formula is C13H24O3S. The van der Waals surface area contributed by atoms with Crippen LogP contribution in [0.3, 0.4) is 0 Å². The van der Waals surface area contributed by atoms with Gasteiger partial charge in [-0.2, -0.15) is 0 Å². The molecule has 1 saturated carbocycles. The zero-order chi connectivity index (χ0) is 13.3. The Morgan fingerprint density at radius 2 is 1.88 bits per heavy atom. The molecule has 0 N–H and O–H groups in total. The van der Waals surface area contributed by atoms with Gasteiger partial charge in [-0.05, 0) is 30.6 Å². The third-order valence-corrected chi connectivity index (χ3v) is 4.80. The van der Waals surface area contributed by atoms with Crippen LogP contribution in [-0.4, -0.2) is 26.2 Å². The third kappa shape index (κ3) is 4.78. The number of Topliss-reactive ketones (excluding diaryl/α,β-unsaturated/α-hetero) is 1. The predicted octanol–water partition coefficient (Wildman–Crippen LogP) is 2.45. The molecule has 0 radical (unpaired) electrons. The fourth-order valence-electron chi connectivity index (χ4n) is 2.54. The SMILES string of the molecule is CC(C)(C)C1CCC(=O)C(CCS(C)(=O)=O)C1. The first kappa shape index (κ1) is 14.7. The molecule has 0 spiro atoms. The van der Waals surface area contributed by atoms with Crippen LogP contribution in [0.25, 0.3) is 0 Å². The zero-order valence-electron chi connectivity index (χ0n) is 11.3. The van der Waals surface area contributed by atoms with Crippen LogP contribution in [-0.2, 0) is 14.6 Å². The number of hydrogen-bond acceptors (Lipinski definition) is 3. The van der Waals surface area contributed by atoms with Gasteiger partial charge in [-0.25, -0.2) is 8.42 Å². The summed E-state index contributed by atoms with van der Waals surface area (Å²) >= 11 is 0. The van der Waals surface area contributed by atoms with Crippen LogP contribution in [0.2, 0.25) is 0 Å². The molecule has 2 atom stereocenters. The summed E-state index contributed by atoms with van der Waals surface area (Å²) in [5, 5.41) is 0. The second-order valence-corrected chi connectivity index (χ2v) is 8.68. The minimum absolute atomic E-state index is 0.0392. The number of ketones is 1. The van der Waals surface area contributed by atoms with Crippen LogP contribution < -0.4 is 0 Å². The van der Waals surface area contributed by atoms with Gasteiger partial charge >= 0.3 is 0 Å². The smallest absolute Gasteiger partial charge is 0.147 e. The summed E-state index contributed by atoms with van der Waals surface area (Å²) in [6.45, 7) is 6.59. The maximum Gasteiger partial charge on any atom is 0.147 e. The quantitative estimate of drug-likeness (QED) is 0.783. The lowest BCUT2D eigenvalue weighted by Gasteiger charge is -2.37. The Bertz CT molecular complexity index is 376. The molecule has 0 aromatic heterocycles. The van der Waals surface area contributed by atoms with Crippen LogP contribution in [0.15, 0.2) is 0 Å². The van der Waals surface area contributed by atoms with Gasteiger partial charge < -0.3 is 0 Å². The predicted molar refractivity (Wildman–Crippen MR) is 69.6 cm³/mol. The van der Waals surface area contributed by atoms with Crippen molar-refractivity contribution in [1.29, 1.82) is 0 Å². The summed E-state index contributed by atoms with van der Waals surface area (Å²) in [6.07, 6.45) is 4.18. The van der Waals surface area contributed by atoms with Crippen LogP contribution in [0.4, 0.5) is 0 Å². The van der Waals surface area contributed by atoms with Crippen molar-refractivity contribution < 1.29 is 13.2 Å². The number of carbonyl (C=O) groups is 1. The van der Waals surface area contributed by atoms with Gasteiger partial charge in [0.1, 0.15) is 15.6 Å². The molecule has 0 amide bonds. The molecule has 4 heteroatoms. The molecule has 0 aromatic rings. The molecule has 0 bridgehead atoms. The van der Waals surface area contributed by atoms with Crippen molar-refractivity contribution >= 4 is 15.6 Å². The normalized spacial score (nSPS) is 27.2. The van der Waals surface area contributed by atoms with Crippen molar-refractivity contribution in [1.82, 2.24) is 0 Å². The largest absolute Gasteiger partial charge is 0.299 e. The van der Waals surface area contributed by atoms with E-state index in [2.05, 4.69) is 20.8 Å². The van der Waals surface area contributed by atoms with Crippen LogP contribution in [0, 0.1) is 17.3 Å². The Morgan fingerprint density at radius 3 is 2.35 bits per heavy atom. The van der Waals surface area contributed by atoms with Gasteiger partial charge in [0.15, 0.2) is 0 Å². The van der Waals surface area contributed by atoms with Gasteiger partial charge in [0, 0.05) is 18.6 Å². The maximum atomic E-state index is 11.8. The van der Waals surface area contributed by atoms with Crippen molar-refractivity contribution in [2.45, 2.75) is 46.5 Å². The number of carbonyl (C=O) groups excluding carboxylic acids is 1. The lowest BCUT2D eigenvalue weighted by atomic mass is 9.68. The monoisotopic (exact) mass is 260 g/mol. The Kier molecular flexibility index (Phi) is 4.39. The molecule has 100 valence electrons. The Hall–Kier alpha value is -0.380. The Balaban J connectivity index is 2.61. The van der Waals surface area contributed by atoms with Crippen LogP contribution in [0.5, 0.6) is 0 Å². The fourth-order valence-corrected chi connectivity index (χ4v) is 3.25. The molecule has 0 saturated heterocycles. The maximum absolute atomic E-state index is 11.8. The first-order valence-electron chi connectivity index (χ1n) is 6.30. The van der Waals surface area contributed by atoms with E-state index in [9.17, 15) is 13.2 Å². The lowest BCUT2D eigenvalue weighted by molar-refractivity contribution is -0.126. The second-order valence-electron chi connectivity index (χ2n) is 6.42. The minimum atomic E-state index is -2.95. The van der Waals surface area contributed by atoms with Gasteiger partial charge in [0.05, 0.1) is 5.75 Å². The highest BCUT2D eigenvalue weighted by atomic mass is 32.2. The van der Waals surface area contributed by atoms with E-state index in [0.717, 1.165) is 12.8 Å². The molecule has 1 rings (SSSR count). The molecule has 0 heterocycles. The van der Waals surface area contributed by atoms with Crippen molar-refractivity contribution in [3.05, 3.63) is 0 Å². The van der Waals surface area contributed by atoms with Gasteiger partial charge in [-0.1, -0.05) is 20.8 Å². The highest BCUT2D eigenvalue weighted by Gasteiger charge is 2.34. The molecule has 1 fully saturated rings. The van der Waals surface area contributed by atoms with Crippen molar-refractivity contribution in [2.24, 2.45) is 17.3 Å². The number of sulfone groups is 1. The summed E-state index contributed by atoms with van der Waals surface area (Å²) in [7, 11) is -2.95. The molecule has 3 nitrogen and oxygen atoms in total. The third-order valence-electron chi connectivity index (χ3n) is 3.83. The van der Waals surface area contributed by atoms with E-state index < -0.39 is 9.84 Å². The van der Waals surface area contributed by atoms with Gasteiger partial charge in [0.2, 0.25) is 0 Å². The van der Waals surface area contributed by atoms with Gasteiger partial charge in [-0.15, -0.1) is 0 Å². The summed E-state index contributed by atoms with van der Waals surface area (Å²) in [5.41, 5.74) is 0.212. The summed E-state index contributed by atoms with van der Waals surface area (Å²) in [5.74, 6) is 0.891. The fraction of sp³-hybridized carbons (Fsp3) is 0.923. The summed E-state index contributed by atoms with van der Waals surface area (Å²) in [6, 6.07) is 0. The average molecular weight is 260 g/mol. The van der Waals surface area contributed by atoms with Gasteiger partial charge in [-0.3, -0.25) is 4.79 Å².